The van der Waals surface area contributed by atoms with Gasteiger partial charge in [-0.3, -0.25) is 9.59 Å². The second-order valence-corrected chi connectivity index (χ2v) is 8.16. The van der Waals surface area contributed by atoms with E-state index < -0.39 is 11.3 Å². The first-order valence-electron chi connectivity index (χ1n) is 9.44. The molecule has 0 spiro atoms. The van der Waals surface area contributed by atoms with Gasteiger partial charge in [0.1, 0.15) is 11.9 Å². The molecule has 1 aliphatic rings. The molecular formula is C22H20FN3O3S. The molecule has 154 valence electrons. The Labute approximate surface area is 177 Å². The Bertz CT molecular complexity index is 1110. The number of benzene rings is 2. The fourth-order valence-electron chi connectivity index (χ4n) is 3.28. The minimum absolute atomic E-state index is 0.260. The first-order valence-corrected chi connectivity index (χ1v) is 10.5. The molecule has 2 N–H and O–H groups in total. The molecule has 0 radical (unpaired) electrons. The summed E-state index contributed by atoms with van der Waals surface area (Å²) in [6.07, 6.45) is 0.290. The van der Waals surface area contributed by atoms with Crippen molar-refractivity contribution in [3.8, 4) is 5.88 Å². The van der Waals surface area contributed by atoms with Crippen LogP contribution in [0.5, 0.6) is 5.88 Å². The minimum Gasteiger partial charge on any atom is -0.481 e. The first-order chi connectivity index (χ1) is 14.5. The lowest BCUT2D eigenvalue weighted by Gasteiger charge is -2.28. The molecule has 8 heteroatoms. The smallest absolute Gasteiger partial charge is 0.247 e. The SMILES string of the molecule is COc1ccc2cc(NC(=O)[C@@H]3CS[C@@H](Cc4ccccc4F)C(=O)N3)ccc2n1. The highest BCUT2D eigenvalue weighted by Gasteiger charge is 2.32. The van der Waals surface area contributed by atoms with Crippen molar-refractivity contribution in [2.75, 3.05) is 18.2 Å². The van der Waals surface area contributed by atoms with Crippen LogP contribution in [-0.2, 0) is 16.0 Å². The van der Waals surface area contributed by atoms with Gasteiger partial charge in [-0.05, 0) is 42.3 Å². The molecule has 1 fully saturated rings. The molecule has 0 saturated carbocycles. The quantitative estimate of drug-likeness (QED) is 0.656. The average Bonchev–Trinajstić information content (AvgIpc) is 2.76. The third-order valence-corrected chi connectivity index (χ3v) is 6.20. The number of ether oxygens (including phenoxy) is 1. The van der Waals surface area contributed by atoms with Crippen LogP contribution in [0, 0.1) is 5.82 Å². The number of carbonyl (C=O) groups excluding carboxylic acids is 2. The lowest BCUT2D eigenvalue weighted by Crippen LogP contribution is -2.52. The number of halogens is 1. The summed E-state index contributed by atoms with van der Waals surface area (Å²) in [4.78, 5) is 29.4. The van der Waals surface area contributed by atoms with Crippen LogP contribution < -0.4 is 15.4 Å². The maximum absolute atomic E-state index is 13.9. The van der Waals surface area contributed by atoms with Gasteiger partial charge in [0.25, 0.3) is 0 Å². The Morgan fingerprint density at radius 1 is 1.27 bits per heavy atom. The van der Waals surface area contributed by atoms with Crippen LogP contribution in [0.3, 0.4) is 0 Å². The predicted molar refractivity (Wildman–Crippen MR) is 115 cm³/mol. The molecule has 0 unspecified atom stereocenters. The highest BCUT2D eigenvalue weighted by Crippen LogP contribution is 2.25. The number of carbonyl (C=O) groups is 2. The van der Waals surface area contributed by atoms with E-state index in [9.17, 15) is 14.0 Å². The van der Waals surface area contributed by atoms with Crippen molar-refractivity contribution < 1.29 is 18.7 Å². The second-order valence-electron chi connectivity index (χ2n) is 6.93. The highest BCUT2D eigenvalue weighted by molar-refractivity contribution is 8.00. The molecule has 30 heavy (non-hydrogen) atoms. The number of aromatic nitrogens is 1. The lowest BCUT2D eigenvalue weighted by molar-refractivity contribution is -0.126. The fraction of sp³-hybridized carbons (Fsp3) is 0.227. The second kappa shape index (κ2) is 8.71. The van der Waals surface area contributed by atoms with E-state index in [4.69, 9.17) is 4.74 Å². The van der Waals surface area contributed by atoms with Gasteiger partial charge in [0.05, 0.1) is 17.9 Å². The molecule has 4 rings (SSSR count). The molecule has 0 aliphatic carbocycles. The van der Waals surface area contributed by atoms with Crippen LogP contribution in [-0.4, -0.2) is 41.0 Å². The molecule has 2 atom stereocenters. The Hall–Kier alpha value is -3.13. The van der Waals surface area contributed by atoms with Gasteiger partial charge < -0.3 is 15.4 Å². The van der Waals surface area contributed by atoms with Gasteiger partial charge in [0, 0.05) is 22.9 Å². The number of amides is 2. The van der Waals surface area contributed by atoms with Crippen molar-refractivity contribution >= 4 is 40.2 Å². The zero-order chi connectivity index (χ0) is 21.1. The number of nitrogens with zero attached hydrogens (tertiary/aromatic N) is 1. The van der Waals surface area contributed by atoms with Crippen LogP contribution in [0.15, 0.2) is 54.6 Å². The van der Waals surface area contributed by atoms with Crippen molar-refractivity contribution in [2.45, 2.75) is 17.7 Å². The molecule has 2 amide bonds. The van der Waals surface area contributed by atoms with Crippen molar-refractivity contribution in [3.05, 3.63) is 66.0 Å². The van der Waals surface area contributed by atoms with E-state index in [1.807, 2.05) is 12.1 Å². The number of thioether (sulfide) groups is 1. The maximum atomic E-state index is 13.9. The van der Waals surface area contributed by atoms with Crippen LogP contribution in [0.2, 0.25) is 0 Å². The summed E-state index contributed by atoms with van der Waals surface area (Å²) in [5.41, 5.74) is 1.87. The van der Waals surface area contributed by atoms with Gasteiger partial charge in [0.15, 0.2) is 0 Å². The molecule has 3 aromatic rings. The number of rotatable bonds is 5. The number of anilines is 1. The van der Waals surface area contributed by atoms with E-state index in [1.165, 1.54) is 17.8 Å². The van der Waals surface area contributed by atoms with Gasteiger partial charge in [0.2, 0.25) is 17.7 Å². The average molecular weight is 425 g/mol. The van der Waals surface area contributed by atoms with Crippen molar-refractivity contribution in [2.24, 2.45) is 0 Å². The molecule has 1 aromatic heterocycles. The predicted octanol–water partition coefficient (Wildman–Crippen LogP) is 3.16. The summed E-state index contributed by atoms with van der Waals surface area (Å²) >= 11 is 1.37. The van der Waals surface area contributed by atoms with Gasteiger partial charge in [-0.25, -0.2) is 9.37 Å². The van der Waals surface area contributed by atoms with E-state index in [0.717, 1.165) is 10.9 Å². The van der Waals surface area contributed by atoms with E-state index in [-0.39, 0.29) is 17.6 Å². The van der Waals surface area contributed by atoms with Crippen LogP contribution in [0.4, 0.5) is 10.1 Å². The summed E-state index contributed by atoms with van der Waals surface area (Å²) in [7, 11) is 1.56. The summed E-state index contributed by atoms with van der Waals surface area (Å²) in [6.45, 7) is 0. The van der Waals surface area contributed by atoms with Gasteiger partial charge in [-0.2, -0.15) is 0 Å². The topological polar surface area (TPSA) is 80.3 Å². The van der Waals surface area contributed by atoms with Gasteiger partial charge in [-0.15, -0.1) is 11.8 Å². The Morgan fingerprint density at radius 3 is 2.87 bits per heavy atom. The van der Waals surface area contributed by atoms with E-state index >= 15 is 0 Å². The molecule has 2 heterocycles. The van der Waals surface area contributed by atoms with Gasteiger partial charge >= 0.3 is 0 Å². The van der Waals surface area contributed by atoms with Gasteiger partial charge in [-0.1, -0.05) is 18.2 Å². The fourth-order valence-corrected chi connectivity index (χ4v) is 4.45. The van der Waals surface area contributed by atoms with E-state index in [0.29, 0.717) is 29.3 Å². The lowest BCUT2D eigenvalue weighted by atomic mass is 10.1. The number of hydrogen-bond acceptors (Lipinski definition) is 5. The standard InChI is InChI=1S/C22H20FN3O3S/c1-29-20-9-6-14-10-15(7-8-17(14)25-20)24-21(27)18-12-30-19(22(28)26-18)11-13-4-2-3-5-16(13)23/h2-10,18-19H,11-12H2,1H3,(H,24,27)(H,26,28)/t18-,19-/m0/s1. The van der Waals surface area contributed by atoms with Crippen molar-refractivity contribution in [3.63, 3.8) is 0 Å². The monoisotopic (exact) mass is 425 g/mol. The summed E-state index contributed by atoms with van der Waals surface area (Å²) in [5, 5.41) is 6.03. The first kappa shape index (κ1) is 20.2. The molecule has 2 aromatic carbocycles. The Kier molecular flexibility index (Phi) is 5.85. The summed E-state index contributed by atoms with van der Waals surface area (Å²) in [5.74, 6) is 0.0639. The number of hydrogen-bond donors (Lipinski definition) is 2. The molecule has 1 saturated heterocycles. The van der Waals surface area contributed by atoms with Crippen molar-refractivity contribution in [1.29, 1.82) is 0 Å². The Balaban J connectivity index is 1.38. The zero-order valence-corrected chi connectivity index (χ0v) is 17.0. The van der Waals surface area contributed by atoms with Crippen LogP contribution >= 0.6 is 11.8 Å². The van der Waals surface area contributed by atoms with Crippen LogP contribution in [0.1, 0.15) is 5.56 Å². The van der Waals surface area contributed by atoms with E-state index in [1.54, 1.807) is 43.5 Å². The number of methoxy groups -OCH3 is 1. The molecule has 0 bridgehead atoms. The third kappa shape index (κ3) is 4.38. The maximum Gasteiger partial charge on any atom is 0.247 e. The Morgan fingerprint density at radius 2 is 2.10 bits per heavy atom. The number of nitrogens with one attached hydrogen (secondary N) is 2. The normalized spacial score (nSPS) is 18.7. The molecule has 6 nitrogen and oxygen atoms in total. The van der Waals surface area contributed by atoms with Crippen molar-refractivity contribution in [1.82, 2.24) is 10.3 Å². The largest absolute Gasteiger partial charge is 0.481 e. The summed E-state index contributed by atoms with van der Waals surface area (Å²) in [6, 6.07) is 14.8. The highest BCUT2D eigenvalue weighted by atomic mass is 32.2. The van der Waals surface area contributed by atoms with E-state index in [2.05, 4.69) is 15.6 Å². The summed E-state index contributed by atoms with van der Waals surface area (Å²) < 4.78 is 19.0. The molecular weight excluding hydrogens is 405 g/mol. The number of pyridine rings is 1. The zero-order valence-electron chi connectivity index (χ0n) is 16.2. The van der Waals surface area contributed by atoms with Crippen LogP contribution in [0.25, 0.3) is 10.9 Å². The third-order valence-electron chi connectivity index (χ3n) is 4.89. The minimum atomic E-state index is -0.649. The number of fused-ring (bicyclic) bond motifs is 1. The molecule has 1 aliphatic heterocycles.